The summed E-state index contributed by atoms with van der Waals surface area (Å²) in [5, 5.41) is 4.70. The van der Waals surface area contributed by atoms with Crippen LogP contribution in [0, 0.1) is 6.92 Å². The van der Waals surface area contributed by atoms with E-state index < -0.39 is 0 Å². The van der Waals surface area contributed by atoms with Gasteiger partial charge in [-0.2, -0.15) is 0 Å². The van der Waals surface area contributed by atoms with Crippen LogP contribution >= 0.6 is 0 Å². The highest BCUT2D eigenvalue weighted by atomic mass is 16.2. The number of likely N-dealkylation sites (N-methyl/N-ethyl adjacent to an activating group) is 1. The topological polar surface area (TPSA) is 37.3 Å². The zero-order chi connectivity index (χ0) is 14.3. The Bertz CT molecular complexity index is 620. The van der Waals surface area contributed by atoms with Crippen molar-refractivity contribution >= 4 is 16.8 Å². The van der Waals surface area contributed by atoms with Gasteiger partial charge in [-0.1, -0.05) is 18.2 Å². The Morgan fingerprint density at radius 1 is 1.30 bits per heavy atom. The highest BCUT2D eigenvalue weighted by Crippen LogP contribution is 2.24. The van der Waals surface area contributed by atoms with Crippen LogP contribution in [-0.2, 0) is 18.4 Å². The molecular weight excluding hydrogens is 250 g/mol. The van der Waals surface area contributed by atoms with Crippen LogP contribution < -0.4 is 5.32 Å². The molecule has 2 heterocycles. The first-order valence-electron chi connectivity index (χ1n) is 7.11. The van der Waals surface area contributed by atoms with Gasteiger partial charge < -0.3 is 14.8 Å². The van der Waals surface area contributed by atoms with Crippen LogP contribution in [0.5, 0.6) is 0 Å². The van der Waals surface area contributed by atoms with Gasteiger partial charge in [0.25, 0.3) is 0 Å². The minimum Gasteiger partial charge on any atom is -0.346 e. The Labute approximate surface area is 119 Å². The molecule has 0 bridgehead atoms. The van der Waals surface area contributed by atoms with E-state index in [1.54, 1.807) is 4.90 Å². The molecule has 0 radical (unpaired) electrons. The fraction of sp³-hybridized carbons (Fsp3) is 0.438. The lowest BCUT2D eigenvalue weighted by Crippen LogP contribution is -2.36. The Hall–Kier alpha value is -1.81. The minimum absolute atomic E-state index is 0.0302. The van der Waals surface area contributed by atoms with Gasteiger partial charge >= 0.3 is 0 Å². The van der Waals surface area contributed by atoms with Crippen LogP contribution in [0.3, 0.4) is 0 Å². The number of aryl methyl sites for hydroxylation is 2. The van der Waals surface area contributed by atoms with Crippen molar-refractivity contribution < 1.29 is 4.79 Å². The summed E-state index contributed by atoms with van der Waals surface area (Å²) in [6.07, 6.45) is 0.901. The van der Waals surface area contributed by atoms with Gasteiger partial charge in [0.1, 0.15) is 0 Å². The van der Waals surface area contributed by atoms with Crippen LogP contribution in [0.15, 0.2) is 24.3 Å². The molecule has 0 spiro atoms. The second kappa shape index (κ2) is 4.94. The molecule has 3 rings (SSSR count). The number of hydrogen-bond donors (Lipinski definition) is 1. The molecule has 1 atom stereocenters. The van der Waals surface area contributed by atoms with E-state index in [1.807, 2.05) is 7.05 Å². The van der Waals surface area contributed by atoms with Gasteiger partial charge in [0, 0.05) is 43.8 Å². The van der Waals surface area contributed by atoms with Crippen molar-refractivity contribution in [2.24, 2.45) is 7.05 Å². The monoisotopic (exact) mass is 271 g/mol. The molecule has 0 aliphatic carbocycles. The highest BCUT2D eigenvalue weighted by molar-refractivity contribution is 5.85. The number of amides is 1. The predicted molar refractivity (Wildman–Crippen MR) is 80.5 cm³/mol. The van der Waals surface area contributed by atoms with Crippen molar-refractivity contribution in [1.82, 2.24) is 14.8 Å². The third-order valence-electron chi connectivity index (χ3n) is 4.45. The Morgan fingerprint density at radius 3 is 2.70 bits per heavy atom. The second-order valence-corrected chi connectivity index (χ2v) is 5.63. The van der Waals surface area contributed by atoms with E-state index in [4.69, 9.17) is 0 Å². The number of nitrogens with one attached hydrogen (secondary N) is 1. The first-order valence-corrected chi connectivity index (χ1v) is 7.11. The highest BCUT2D eigenvalue weighted by Gasteiger charge is 2.28. The summed E-state index contributed by atoms with van der Waals surface area (Å²) >= 11 is 0. The summed E-state index contributed by atoms with van der Waals surface area (Å²) in [5.41, 5.74) is 3.81. The van der Waals surface area contributed by atoms with Crippen LogP contribution in [0.25, 0.3) is 10.9 Å². The normalized spacial score (nSPS) is 19.2. The molecule has 1 amide bonds. The molecule has 1 fully saturated rings. The largest absolute Gasteiger partial charge is 0.346 e. The lowest BCUT2D eigenvalue weighted by Gasteiger charge is -2.13. The first kappa shape index (κ1) is 13.2. The van der Waals surface area contributed by atoms with Crippen molar-refractivity contribution in [2.75, 3.05) is 13.6 Å². The van der Waals surface area contributed by atoms with Crippen molar-refractivity contribution in [3.63, 3.8) is 0 Å². The van der Waals surface area contributed by atoms with Crippen molar-refractivity contribution in [3.05, 3.63) is 35.5 Å². The van der Waals surface area contributed by atoms with Crippen LogP contribution in [0.2, 0.25) is 0 Å². The first-order chi connectivity index (χ1) is 9.59. The number of hydrogen-bond acceptors (Lipinski definition) is 2. The Morgan fingerprint density at radius 2 is 2.05 bits per heavy atom. The van der Waals surface area contributed by atoms with Gasteiger partial charge in [0.2, 0.25) is 5.91 Å². The van der Waals surface area contributed by atoms with Crippen molar-refractivity contribution in [1.29, 1.82) is 0 Å². The summed E-state index contributed by atoms with van der Waals surface area (Å²) in [6, 6.07) is 8.40. The number of carbonyl (C=O) groups excluding carboxylic acids is 1. The SMILES string of the molecule is Cc1c(CNC2CCN(C)C2=O)n(C)c2ccccc12. The maximum absolute atomic E-state index is 11.9. The molecular formula is C16H21N3O. The molecule has 1 aliphatic heterocycles. The standard InChI is InChI=1S/C16H21N3O/c1-11-12-6-4-5-7-14(12)19(3)15(11)10-17-13-8-9-18(2)16(13)20/h4-7,13,17H,8-10H2,1-3H3. The second-order valence-electron chi connectivity index (χ2n) is 5.63. The zero-order valence-electron chi connectivity index (χ0n) is 12.3. The maximum Gasteiger partial charge on any atom is 0.239 e. The third-order valence-corrected chi connectivity index (χ3v) is 4.45. The quantitative estimate of drug-likeness (QED) is 0.924. The molecule has 1 saturated heterocycles. The van der Waals surface area contributed by atoms with E-state index in [0.29, 0.717) is 0 Å². The molecule has 1 aliphatic rings. The molecule has 1 N–H and O–H groups in total. The summed E-state index contributed by atoms with van der Waals surface area (Å²) in [4.78, 5) is 13.7. The molecule has 1 aromatic carbocycles. The maximum atomic E-state index is 11.9. The van der Waals surface area contributed by atoms with Gasteiger partial charge in [-0.15, -0.1) is 0 Å². The predicted octanol–water partition coefficient (Wildman–Crippen LogP) is 1.81. The number of para-hydroxylation sites is 1. The molecule has 1 aromatic heterocycles. The summed E-state index contributed by atoms with van der Waals surface area (Å²) in [6.45, 7) is 3.74. The third kappa shape index (κ3) is 2.00. The van der Waals surface area contributed by atoms with Crippen LogP contribution in [0.4, 0.5) is 0 Å². The Balaban J connectivity index is 1.83. The summed E-state index contributed by atoms with van der Waals surface area (Å²) in [5.74, 6) is 0.210. The molecule has 106 valence electrons. The lowest BCUT2D eigenvalue weighted by atomic mass is 10.1. The molecule has 20 heavy (non-hydrogen) atoms. The van der Waals surface area contributed by atoms with Crippen LogP contribution in [0.1, 0.15) is 17.7 Å². The molecule has 4 nitrogen and oxygen atoms in total. The minimum atomic E-state index is -0.0302. The average molecular weight is 271 g/mol. The Kier molecular flexibility index (Phi) is 3.26. The molecule has 2 aromatic rings. The number of benzene rings is 1. The van der Waals surface area contributed by atoms with E-state index in [1.165, 1.54) is 22.2 Å². The fourth-order valence-corrected chi connectivity index (χ4v) is 3.12. The zero-order valence-corrected chi connectivity index (χ0v) is 12.3. The number of rotatable bonds is 3. The fourth-order valence-electron chi connectivity index (χ4n) is 3.12. The van der Waals surface area contributed by atoms with E-state index >= 15 is 0 Å². The number of fused-ring (bicyclic) bond motifs is 1. The average Bonchev–Trinajstić information content (AvgIpc) is 2.90. The molecule has 4 heteroatoms. The van der Waals surface area contributed by atoms with Gasteiger partial charge in [-0.3, -0.25) is 4.79 Å². The molecule has 0 saturated carbocycles. The smallest absolute Gasteiger partial charge is 0.239 e. The molecule has 1 unspecified atom stereocenters. The van der Waals surface area contributed by atoms with E-state index in [-0.39, 0.29) is 11.9 Å². The lowest BCUT2D eigenvalue weighted by molar-refractivity contribution is -0.128. The summed E-state index contributed by atoms with van der Waals surface area (Å²) in [7, 11) is 3.96. The van der Waals surface area contributed by atoms with Gasteiger partial charge in [-0.25, -0.2) is 0 Å². The number of nitrogens with zero attached hydrogens (tertiary/aromatic N) is 2. The van der Waals surface area contributed by atoms with E-state index in [9.17, 15) is 4.79 Å². The van der Waals surface area contributed by atoms with Crippen LogP contribution in [-0.4, -0.2) is 35.0 Å². The number of aromatic nitrogens is 1. The van der Waals surface area contributed by atoms with E-state index in [2.05, 4.69) is 48.1 Å². The number of carbonyl (C=O) groups is 1. The van der Waals surface area contributed by atoms with Gasteiger partial charge in [-0.05, 0) is 25.0 Å². The van der Waals surface area contributed by atoms with Crippen molar-refractivity contribution in [2.45, 2.75) is 25.9 Å². The number of likely N-dealkylation sites (tertiary alicyclic amines) is 1. The summed E-state index contributed by atoms with van der Waals surface area (Å²) < 4.78 is 2.22. The van der Waals surface area contributed by atoms with Crippen molar-refractivity contribution in [3.8, 4) is 0 Å². The van der Waals surface area contributed by atoms with E-state index in [0.717, 1.165) is 19.5 Å². The van der Waals surface area contributed by atoms with Gasteiger partial charge in [0.15, 0.2) is 0 Å². The van der Waals surface area contributed by atoms with Gasteiger partial charge in [0.05, 0.1) is 6.04 Å².